The molecule has 6 heteroatoms. The number of aryl methyl sites for hydroxylation is 1. The highest BCUT2D eigenvalue weighted by Crippen LogP contribution is 2.30. The molecule has 0 spiro atoms. The van der Waals surface area contributed by atoms with Gasteiger partial charge in [-0.05, 0) is 37.3 Å². The molecule has 1 aliphatic rings. The molecule has 2 unspecified atom stereocenters. The second-order valence-corrected chi connectivity index (χ2v) is 7.96. The van der Waals surface area contributed by atoms with Gasteiger partial charge in [-0.1, -0.05) is 20.3 Å². The first-order valence-corrected chi connectivity index (χ1v) is 9.26. The highest BCUT2D eigenvalue weighted by Gasteiger charge is 2.24. The Kier molecular flexibility index (Phi) is 5.46. The lowest BCUT2D eigenvalue weighted by Crippen LogP contribution is -2.28. The Morgan fingerprint density at radius 2 is 2.14 bits per heavy atom. The molecule has 1 heterocycles. The number of sulfonamides is 1. The monoisotopic (exact) mass is 313 g/mol. The largest absolute Gasteiger partial charge is 0.352 e. The van der Waals surface area contributed by atoms with Crippen molar-refractivity contribution in [3.63, 3.8) is 0 Å². The van der Waals surface area contributed by atoms with Crippen molar-refractivity contribution in [1.29, 1.82) is 0 Å². The molecule has 0 radical (unpaired) electrons. The van der Waals surface area contributed by atoms with Crippen LogP contribution in [0.1, 0.15) is 38.8 Å². The maximum atomic E-state index is 12.4. The maximum absolute atomic E-state index is 12.4. The Labute approximate surface area is 128 Å². The Morgan fingerprint density at radius 1 is 1.38 bits per heavy atom. The van der Waals surface area contributed by atoms with Crippen molar-refractivity contribution in [2.24, 2.45) is 18.9 Å². The fraction of sp³-hybridized carbons (Fsp3) is 0.733. The van der Waals surface area contributed by atoms with Gasteiger partial charge in [0.2, 0.25) is 10.0 Å². The Hall–Kier alpha value is -0.850. The van der Waals surface area contributed by atoms with Gasteiger partial charge in [-0.25, -0.2) is 13.1 Å². The fourth-order valence-electron chi connectivity index (χ4n) is 2.97. The molecule has 0 aliphatic heterocycles. The van der Waals surface area contributed by atoms with Crippen molar-refractivity contribution in [3.8, 4) is 0 Å². The summed E-state index contributed by atoms with van der Waals surface area (Å²) < 4.78 is 29.4. The van der Waals surface area contributed by atoms with Crippen LogP contribution in [-0.4, -0.2) is 26.1 Å². The summed E-state index contributed by atoms with van der Waals surface area (Å²) >= 11 is 0. The van der Waals surface area contributed by atoms with Gasteiger partial charge in [0.15, 0.2) is 0 Å². The second kappa shape index (κ2) is 6.94. The van der Waals surface area contributed by atoms with Crippen molar-refractivity contribution < 1.29 is 8.42 Å². The molecule has 1 aromatic heterocycles. The molecule has 5 nitrogen and oxygen atoms in total. The summed E-state index contributed by atoms with van der Waals surface area (Å²) in [5.41, 5.74) is 0.978. The van der Waals surface area contributed by atoms with Crippen molar-refractivity contribution >= 4 is 10.0 Å². The molecule has 120 valence electrons. The van der Waals surface area contributed by atoms with Crippen LogP contribution in [0, 0.1) is 11.8 Å². The Balaban J connectivity index is 1.98. The van der Waals surface area contributed by atoms with Crippen molar-refractivity contribution in [1.82, 2.24) is 14.6 Å². The summed E-state index contributed by atoms with van der Waals surface area (Å²) in [7, 11) is -1.51. The van der Waals surface area contributed by atoms with Crippen LogP contribution in [0.3, 0.4) is 0 Å². The van der Waals surface area contributed by atoms with E-state index in [1.165, 1.54) is 6.42 Å². The van der Waals surface area contributed by atoms with E-state index >= 15 is 0 Å². The minimum absolute atomic E-state index is 0.365. The predicted octanol–water partition coefficient (Wildman–Crippen LogP) is 1.85. The lowest BCUT2D eigenvalue weighted by atomic mass is 10.1. The summed E-state index contributed by atoms with van der Waals surface area (Å²) in [6.45, 7) is 6.38. The molecule has 21 heavy (non-hydrogen) atoms. The Bertz CT molecular complexity index is 565. The van der Waals surface area contributed by atoms with E-state index in [2.05, 4.69) is 17.0 Å². The van der Waals surface area contributed by atoms with E-state index in [4.69, 9.17) is 0 Å². The van der Waals surface area contributed by atoms with Crippen LogP contribution in [0.15, 0.2) is 17.2 Å². The predicted molar refractivity (Wildman–Crippen MR) is 84.5 cm³/mol. The van der Waals surface area contributed by atoms with E-state index in [1.807, 2.05) is 18.5 Å². The average molecular weight is 313 g/mol. The molecule has 0 saturated heterocycles. The number of rotatable bonds is 7. The van der Waals surface area contributed by atoms with Crippen LogP contribution in [0.5, 0.6) is 0 Å². The zero-order chi connectivity index (χ0) is 15.5. The molecular weight excluding hydrogens is 286 g/mol. The van der Waals surface area contributed by atoms with E-state index < -0.39 is 10.0 Å². The summed E-state index contributed by atoms with van der Waals surface area (Å²) in [5, 5.41) is 3.22. The van der Waals surface area contributed by atoms with Crippen LogP contribution in [0.2, 0.25) is 0 Å². The molecule has 0 aromatic carbocycles. The standard InChI is InChI=1S/C15H27N3O2S/c1-4-16-10-14-8-15(11-18(14)3)21(19,20)17-9-13-6-5-12(2)7-13/h8,11-13,16-17H,4-7,9-10H2,1-3H3. The topological polar surface area (TPSA) is 63.1 Å². The molecule has 0 amide bonds. The van der Waals surface area contributed by atoms with E-state index in [-0.39, 0.29) is 0 Å². The van der Waals surface area contributed by atoms with Gasteiger partial charge >= 0.3 is 0 Å². The number of hydrogen-bond donors (Lipinski definition) is 2. The van der Waals surface area contributed by atoms with E-state index in [1.54, 1.807) is 12.3 Å². The van der Waals surface area contributed by atoms with Crippen LogP contribution < -0.4 is 10.0 Å². The molecule has 1 aliphatic carbocycles. The molecule has 1 fully saturated rings. The van der Waals surface area contributed by atoms with Crippen LogP contribution in [0.25, 0.3) is 0 Å². The third-order valence-corrected chi connectivity index (χ3v) is 5.71. The highest BCUT2D eigenvalue weighted by molar-refractivity contribution is 7.89. The average Bonchev–Trinajstić information content (AvgIpc) is 3.01. The Morgan fingerprint density at radius 3 is 2.76 bits per heavy atom. The zero-order valence-electron chi connectivity index (χ0n) is 13.2. The molecule has 2 rings (SSSR count). The highest BCUT2D eigenvalue weighted by atomic mass is 32.2. The lowest BCUT2D eigenvalue weighted by molar-refractivity contribution is 0.498. The smallest absolute Gasteiger partial charge is 0.242 e. The van der Waals surface area contributed by atoms with Gasteiger partial charge in [-0.2, -0.15) is 0 Å². The van der Waals surface area contributed by atoms with Crippen molar-refractivity contribution in [2.75, 3.05) is 13.1 Å². The molecule has 1 aromatic rings. The summed E-state index contributed by atoms with van der Waals surface area (Å²) in [4.78, 5) is 0.365. The molecule has 1 saturated carbocycles. The first kappa shape index (κ1) is 16.5. The minimum Gasteiger partial charge on any atom is -0.352 e. The number of nitrogens with zero attached hydrogens (tertiary/aromatic N) is 1. The van der Waals surface area contributed by atoms with Gasteiger partial charge in [-0.15, -0.1) is 0 Å². The van der Waals surface area contributed by atoms with Gasteiger partial charge in [0.25, 0.3) is 0 Å². The molecule has 2 atom stereocenters. The maximum Gasteiger partial charge on any atom is 0.242 e. The van der Waals surface area contributed by atoms with Gasteiger partial charge in [-0.3, -0.25) is 0 Å². The van der Waals surface area contributed by atoms with Gasteiger partial charge < -0.3 is 9.88 Å². The van der Waals surface area contributed by atoms with E-state index in [0.29, 0.717) is 23.9 Å². The number of aromatic nitrogens is 1. The normalized spacial score (nSPS) is 22.8. The third kappa shape index (κ3) is 4.31. The van der Waals surface area contributed by atoms with Crippen molar-refractivity contribution in [3.05, 3.63) is 18.0 Å². The second-order valence-electron chi connectivity index (χ2n) is 6.19. The number of hydrogen-bond acceptors (Lipinski definition) is 3. The molecule has 2 N–H and O–H groups in total. The number of nitrogens with one attached hydrogen (secondary N) is 2. The van der Waals surface area contributed by atoms with Gasteiger partial charge in [0.05, 0.1) is 4.90 Å². The van der Waals surface area contributed by atoms with Crippen LogP contribution in [-0.2, 0) is 23.6 Å². The fourth-order valence-corrected chi connectivity index (χ4v) is 4.18. The quantitative estimate of drug-likeness (QED) is 0.807. The minimum atomic E-state index is -3.39. The summed E-state index contributed by atoms with van der Waals surface area (Å²) in [6.07, 6.45) is 5.16. The van der Waals surface area contributed by atoms with Gasteiger partial charge in [0.1, 0.15) is 0 Å². The molecular formula is C15H27N3O2S. The first-order chi connectivity index (χ1) is 9.92. The van der Waals surface area contributed by atoms with Crippen LogP contribution >= 0.6 is 0 Å². The molecule has 0 bridgehead atoms. The first-order valence-electron chi connectivity index (χ1n) is 7.78. The van der Waals surface area contributed by atoms with E-state index in [9.17, 15) is 8.42 Å². The van der Waals surface area contributed by atoms with Crippen LogP contribution in [0.4, 0.5) is 0 Å². The van der Waals surface area contributed by atoms with E-state index in [0.717, 1.165) is 31.0 Å². The summed E-state index contributed by atoms with van der Waals surface area (Å²) in [6, 6.07) is 1.75. The van der Waals surface area contributed by atoms with Crippen molar-refractivity contribution in [2.45, 2.75) is 44.6 Å². The zero-order valence-corrected chi connectivity index (χ0v) is 14.0. The lowest BCUT2D eigenvalue weighted by Gasteiger charge is -2.10. The SMILES string of the molecule is CCNCc1cc(S(=O)(=O)NCC2CCC(C)C2)cn1C. The third-order valence-electron chi connectivity index (χ3n) is 4.31. The van der Waals surface area contributed by atoms with Gasteiger partial charge in [0, 0.05) is 32.0 Å². The summed E-state index contributed by atoms with van der Waals surface area (Å²) in [5.74, 6) is 1.21.